The fourth-order valence-corrected chi connectivity index (χ4v) is 6.04. The van der Waals surface area contributed by atoms with Crippen molar-refractivity contribution in [1.82, 2.24) is 0 Å². The second-order valence-corrected chi connectivity index (χ2v) is 10.9. The summed E-state index contributed by atoms with van der Waals surface area (Å²) >= 11 is 0. The van der Waals surface area contributed by atoms with Crippen LogP contribution in [0.1, 0.15) is 76.3 Å². The van der Waals surface area contributed by atoms with Crippen molar-refractivity contribution < 1.29 is 13.5 Å². The van der Waals surface area contributed by atoms with Crippen LogP contribution in [0.4, 0.5) is 8.78 Å². The summed E-state index contributed by atoms with van der Waals surface area (Å²) in [5.74, 6) is 2.27. The molecule has 2 aromatic carbocycles. The van der Waals surface area contributed by atoms with Gasteiger partial charge in [-0.05, 0) is 105 Å². The Labute approximate surface area is 190 Å². The Morgan fingerprint density at radius 3 is 2.16 bits per heavy atom. The third kappa shape index (κ3) is 4.21. The van der Waals surface area contributed by atoms with Gasteiger partial charge in [0.1, 0.15) is 18.2 Å². The second kappa shape index (κ2) is 8.28. The Hall–Kier alpha value is -2.23. The number of hydrogen-bond donors (Lipinski definition) is 0. The van der Waals surface area contributed by atoms with Crippen molar-refractivity contribution in [2.45, 2.75) is 70.8 Å². The molecule has 170 valence electrons. The normalized spacial score (nSPS) is 29.2. The number of fused-ring (bicyclic) bond motifs is 1. The highest BCUT2D eigenvalue weighted by Crippen LogP contribution is 2.48. The van der Waals surface area contributed by atoms with E-state index in [-0.39, 0.29) is 17.0 Å². The fourth-order valence-electron chi connectivity index (χ4n) is 6.04. The van der Waals surface area contributed by atoms with Gasteiger partial charge in [-0.1, -0.05) is 25.5 Å². The van der Waals surface area contributed by atoms with Crippen LogP contribution in [0.5, 0.6) is 0 Å². The predicted octanol–water partition coefficient (Wildman–Crippen LogP) is 7.51. The maximum absolute atomic E-state index is 15.2. The molecule has 0 radical (unpaired) electrons. The first kappa shape index (κ1) is 21.6. The van der Waals surface area contributed by atoms with E-state index in [0.717, 1.165) is 35.8 Å². The Kier molecular flexibility index (Phi) is 5.59. The standard InChI is InChI=1S/C28H33F2NO/c1-17-4-5-21-13-22(11-10-20(21)12-17)23-14-24(29)26(25(30)15-23)18-6-8-19(9-7-18)27-31-28(2,3)16-32-27/h6-9,14-15,17,20-22H,4-5,10-13,16H2,1-3H3. The summed E-state index contributed by atoms with van der Waals surface area (Å²) in [7, 11) is 0. The summed E-state index contributed by atoms with van der Waals surface area (Å²) in [6.45, 7) is 6.92. The van der Waals surface area contributed by atoms with Gasteiger partial charge < -0.3 is 4.74 Å². The summed E-state index contributed by atoms with van der Waals surface area (Å²) in [6.07, 6.45) is 7.19. The molecule has 3 aliphatic rings. The fraction of sp³-hybridized carbons (Fsp3) is 0.536. The van der Waals surface area contributed by atoms with Crippen LogP contribution < -0.4 is 0 Å². The lowest BCUT2D eigenvalue weighted by atomic mass is 9.64. The predicted molar refractivity (Wildman–Crippen MR) is 125 cm³/mol. The Morgan fingerprint density at radius 2 is 1.50 bits per heavy atom. The summed E-state index contributed by atoms with van der Waals surface area (Å²) < 4.78 is 36.0. The van der Waals surface area contributed by atoms with E-state index in [0.29, 0.717) is 24.0 Å². The van der Waals surface area contributed by atoms with E-state index >= 15 is 8.78 Å². The van der Waals surface area contributed by atoms with Crippen molar-refractivity contribution in [3.05, 3.63) is 59.2 Å². The highest BCUT2D eigenvalue weighted by atomic mass is 19.1. The van der Waals surface area contributed by atoms with E-state index in [9.17, 15) is 0 Å². The minimum Gasteiger partial charge on any atom is -0.475 e. The van der Waals surface area contributed by atoms with E-state index in [2.05, 4.69) is 11.9 Å². The Bertz CT molecular complexity index is 1000. The lowest BCUT2D eigenvalue weighted by molar-refractivity contribution is 0.124. The molecule has 2 aliphatic carbocycles. The highest BCUT2D eigenvalue weighted by Gasteiger charge is 2.35. The summed E-state index contributed by atoms with van der Waals surface area (Å²) in [6, 6.07) is 10.3. The van der Waals surface area contributed by atoms with E-state index in [1.165, 1.54) is 25.7 Å². The van der Waals surface area contributed by atoms with Gasteiger partial charge in [0.05, 0.1) is 11.1 Å². The van der Waals surface area contributed by atoms with Crippen molar-refractivity contribution in [2.75, 3.05) is 6.61 Å². The van der Waals surface area contributed by atoms with Gasteiger partial charge in [0, 0.05) is 5.56 Å². The molecule has 4 heteroatoms. The first-order chi connectivity index (χ1) is 15.3. The van der Waals surface area contributed by atoms with E-state index in [1.54, 1.807) is 24.3 Å². The molecule has 0 spiro atoms. The van der Waals surface area contributed by atoms with Crippen LogP contribution >= 0.6 is 0 Å². The molecular formula is C28H33F2NO. The Morgan fingerprint density at radius 1 is 0.875 bits per heavy atom. The van der Waals surface area contributed by atoms with Crippen molar-refractivity contribution in [3.8, 4) is 11.1 Å². The largest absolute Gasteiger partial charge is 0.475 e. The molecule has 0 aromatic heterocycles. The minimum absolute atomic E-state index is 0.0510. The Balaban J connectivity index is 1.35. The van der Waals surface area contributed by atoms with Crippen molar-refractivity contribution >= 4 is 5.90 Å². The molecular weight excluding hydrogens is 404 g/mol. The van der Waals surface area contributed by atoms with Crippen molar-refractivity contribution in [3.63, 3.8) is 0 Å². The van der Waals surface area contributed by atoms with Crippen LogP contribution in [0.2, 0.25) is 0 Å². The summed E-state index contributed by atoms with van der Waals surface area (Å²) in [5.41, 5.74) is 2.01. The van der Waals surface area contributed by atoms with Gasteiger partial charge in [0.15, 0.2) is 0 Å². The first-order valence-electron chi connectivity index (χ1n) is 12.1. The van der Waals surface area contributed by atoms with Gasteiger partial charge >= 0.3 is 0 Å². The molecule has 0 N–H and O–H groups in total. The van der Waals surface area contributed by atoms with Gasteiger partial charge in [-0.25, -0.2) is 13.8 Å². The molecule has 32 heavy (non-hydrogen) atoms. The van der Waals surface area contributed by atoms with E-state index in [1.807, 2.05) is 26.0 Å². The zero-order chi connectivity index (χ0) is 22.5. The third-order valence-corrected chi connectivity index (χ3v) is 7.80. The van der Waals surface area contributed by atoms with E-state index in [4.69, 9.17) is 4.74 Å². The molecule has 2 fully saturated rings. The van der Waals surface area contributed by atoms with Gasteiger partial charge in [-0.2, -0.15) is 0 Å². The minimum atomic E-state index is -0.470. The van der Waals surface area contributed by atoms with Crippen LogP contribution in [-0.4, -0.2) is 18.0 Å². The molecule has 2 nitrogen and oxygen atoms in total. The molecule has 0 saturated heterocycles. The number of nitrogens with zero attached hydrogens (tertiary/aromatic N) is 1. The number of hydrogen-bond acceptors (Lipinski definition) is 2. The van der Waals surface area contributed by atoms with Gasteiger partial charge in [0.2, 0.25) is 5.90 Å². The lowest BCUT2D eigenvalue weighted by Crippen LogP contribution is -2.29. The monoisotopic (exact) mass is 437 g/mol. The average molecular weight is 438 g/mol. The summed E-state index contributed by atoms with van der Waals surface area (Å²) in [4.78, 5) is 4.57. The topological polar surface area (TPSA) is 21.6 Å². The second-order valence-electron chi connectivity index (χ2n) is 10.9. The molecule has 4 atom stereocenters. The van der Waals surface area contributed by atoms with Crippen LogP contribution in [0.15, 0.2) is 41.4 Å². The van der Waals surface area contributed by atoms with Crippen molar-refractivity contribution in [2.24, 2.45) is 22.7 Å². The van der Waals surface area contributed by atoms with Gasteiger partial charge in [-0.3, -0.25) is 0 Å². The molecule has 2 saturated carbocycles. The first-order valence-corrected chi connectivity index (χ1v) is 12.1. The number of aliphatic imine (C=N–C) groups is 1. The molecule has 4 unspecified atom stereocenters. The third-order valence-electron chi connectivity index (χ3n) is 7.80. The van der Waals surface area contributed by atoms with Crippen molar-refractivity contribution in [1.29, 1.82) is 0 Å². The number of ether oxygens (including phenoxy) is 1. The zero-order valence-electron chi connectivity index (χ0n) is 19.3. The van der Waals surface area contributed by atoms with Crippen LogP contribution in [0.25, 0.3) is 11.1 Å². The quantitative estimate of drug-likeness (QED) is 0.487. The average Bonchev–Trinajstić information content (AvgIpc) is 3.13. The maximum Gasteiger partial charge on any atom is 0.216 e. The maximum atomic E-state index is 15.2. The van der Waals surface area contributed by atoms with Crippen LogP contribution in [-0.2, 0) is 4.74 Å². The smallest absolute Gasteiger partial charge is 0.216 e. The number of benzene rings is 2. The highest BCUT2D eigenvalue weighted by molar-refractivity contribution is 5.95. The molecule has 1 heterocycles. The lowest BCUT2D eigenvalue weighted by Gasteiger charge is -2.41. The zero-order valence-corrected chi connectivity index (χ0v) is 19.3. The molecule has 0 bridgehead atoms. The van der Waals surface area contributed by atoms with Gasteiger partial charge in [0.25, 0.3) is 0 Å². The molecule has 2 aromatic rings. The number of halogens is 2. The molecule has 0 amide bonds. The summed E-state index contributed by atoms with van der Waals surface area (Å²) in [5, 5.41) is 0. The molecule has 1 aliphatic heterocycles. The SMILES string of the molecule is CC1CCC2CC(c3cc(F)c(-c4ccc(C5=NC(C)(C)CO5)cc4)c(F)c3)CCC2C1. The van der Waals surface area contributed by atoms with Crippen LogP contribution in [0.3, 0.4) is 0 Å². The van der Waals surface area contributed by atoms with Crippen LogP contribution in [0, 0.1) is 29.4 Å². The number of rotatable bonds is 3. The molecule has 5 rings (SSSR count). The van der Waals surface area contributed by atoms with E-state index < -0.39 is 11.6 Å². The van der Waals surface area contributed by atoms with Gasteiger partial charge in [-0.15, -0.1) is 0 Å².